The minimum absolute atomic E-state index is 0.121. The second-order valence-corrected chi connectivity index (χ2v) is 4.65. The molecule has 0 aliphatic heterocycles. The Morgan fingerprint density at radius 1 is 0.773 bits per heavy atom. The standard InChI is InChI=1S/C16H10F3N3/c17-10-2-4-11(14(19)6-10)9-1-3-12(13(18)5-9)15-7-22-16(20)8-21-15/h1-8H,(H2,20,22). The number of rotatable bonds is 2. The SMILES string of the molecule is Nc1cnc(-c2ccc(-c3ccc(F)cc3F)cc2F)cn1. The van der Waals surface area contributed by atoms with Gasteiger partial charge in [0.15, 0.2) is 0 Å². The molecule has 110 valence electrons. The Morgan fingerprint density at radius 3 is 2.14 bits per heavy atom. The molecule has 0 fully saturated rings. The van der Waals surface area contributed by atoms with Crippen molar-refractivity contribution in [1.29, 1.82) is 0 Å². The molecular weight excluding hydrogens is 291 g/mol. The number of nitrogens with two attached hydrogens (primary N) is 1. The summed E-state index contributed by atoms with van der Waals surface area (Å²) in [5.74, 6) is -1.79. The van der Waals surface area contributed by atoms with Gasteiger partial charge in [0.05, 0.1) is 18.1 Å². The molecule has 0 aliphatic rings. The molecular formula is C16H10F3N3. The predicted octanol–water partition coefficient (Wildman–Crippen LogP) is 3.81. The van der Waals surface area contributed by atoms with Crippen molar-refractivity contribution in [2.45, 2.75) is 0 Å². The maximum absolute atomic E-state index is 14.2. The van der Waals surface area contributed by atoms with Gasteiger partial charge in [-0.3, -0.25) is 4.98 Å². The highest BCUT2D eigenvalue weighted by Gasteiger charge is 2.11. The van der Waals surface area contributed by atoms with E-state index in [1.807, 2.05) is 0 Å². The lowest BCUT2D eigenvalue weighted by atomic mass is 10.0. The van der Waals surface area contributed by atoms with Crippen molar-refractivity contribution >= 4 is 5.82 Å². The second-order valence-electron chi connectivity index (χ2n) is 4.65. The Bertz CT molecular complexity index is 833. The highest BCUT2D eigenvalue weighted by molar-refractivity contribution is 5.69. The van der Waals surface area contributed by atoms with E-state index in [9.17, 15) is 13.2 Å². The first kappa shape index (κ1) is 14.1. The average molecular weight is 301 g/mol. The van der Waals surface area contributed by atoms with Gasteiger partial charge in [0.1, 0.15) is 23.3 Å². The molecule has 0 spiro atoms. The van der Waals surface area contributed by atoms with E-state index in [2.05, 4.69) is 9.97 Å². The van der Waals surface area contributed by atoms with Crippen molar-refractivity contribution in [3.8, 4) is 22.4 Å². The Morgan fingerprint density at radius 2 is 1.50 bits per heavy atom. The maximum atomic E-state index is 14.2. The van der Waals surface area contributed by atoms with E-state index in [4.69, 9.17) is 5.73 Å². The summed E-state index contributed by atoms with van der Waals surface area (Å²) < 4.78 is 40.9. The Balaban J connectivity index is 2.03. The van der Waals surface area contributed by atoms with Crippen LogP contribution in [0.25, 0.3) is 22.4 Å². The summed E-state index contributed by atoms with van der Waals surface area (Å²) in [5, 5.41) is 0. The van der Waals surface area contributed by atoms with Crippen molar-refractivity contribution < 1.29 is 13.2 Å². The van der Waals surface area contributed by atoms with Crippen molar-refractivity contribution in [2.75, 3.05) is 5.73 Å². The van der Waals surface area contributed by atoms with Gasteiger partial charge in [-0.15, -0.1) is 0 Å². The fourth-order valence-corrected chi connectivity index (χ4v) is 2.09. The minimum atomic E-state index is -0.751. The first-order valence-corrected chi connectivity index (χ1v) is 6.37. The van der Waals surface area contributed by atoms with E-state index in [1.54, 1.807) is 0 Å². The predicted molar refractivity (Wildman–Crippen MR) is 77.2 cm³/mol. The number of nitrogen functional groups attached to an aromatic ring is 1. The van der Waals surface area contributed by atoms with E-state index in [1.165, 1.54) is 36.7 Å². The van der Waals surface area contributed by atoms with Crippen LogP contribution < -0.4 is 5.73 Å². The van der Waals surface area contributed by atoms with Crippen LogP contribution in [0.3, 0.4) is 0 Å². The fraction of sp³-hybridized carbons (Fsp3) is 0. The van der Waals surface area contributed by atoms with Gasteiger partial charge in [-0.2, -0.15) is 0 Å². The summed E-state index contributed by atoms with van der Waals surface area (Å²) in [6.07, 6.45) is 2.67. The molecule has 0 radical (unpaired) electrons. The first-order chi connectivity index (χ1) is 10.5. The number of benzene rings is 2. The quantitative estimate of drug-likeness (QED) is 0.783. The van der Waals surface area contributed by atoms with E-state index < -0.39 is 17.5 Å². The molecule has 6 heteroatoms. The summed E-state index contributed by atoms with van der Waals surface area (Å²) in [4.78, 5) is 7.84. The van der Waals surface area contributed by atoms with Gasteiger partial charge in [-0.1, -0.05) is 6.07 Å². The van der Waals surface area contributed by atoms with Crippen LogP contribution in [0.2, 0.25) is 0 Å². The molecule has 0 saturated heterocycles. The molecule has 0 saturated carbocycles. The highest BCUT2D eigenvalue weighted by Crippen LogP contribution is 2.28. The van der Waals surface area contributed by atoms with Crippen LogP contribution in [0.15, 0.2) is 48.8 Å². The minimum Gasteiger partial charge on any atom is -0.382 e. The van der Waals surface area contributed by atoms with Crippen molar-refractivity contribution in [3.63, 3.8) is 0 Å². The van der Waals surface area contributed by atoms with Crippen LogP contribution in [0, 0.1) is 17.5 Å². The number of anilines is 1. The summed E-state index contributed by atoms with van der Waals surface area (Å²) in [6.45, 7) is 0. The molecule has 1 heterocycles. The van der Waals surface area contributed by atoms with E-state index in [0.29, 0.717) is 11.3 Å². The molecule has 0 bridgehead atoms. The smallest absolute Gasteiger partial charge is 0.141 e. The van der Waals surface area contributed by atoms with E-state index in [-0.39, 0.29) is 16.9 Å². The average Bonchev–Trinajstić information content (AvgIpc) is 2.48. The fourth-order valence-electron chi connectivity index (χ4n) is 2.09. The first-order valence-electron chi connectivity index (χ1n) is 6.37. The molecule has 0 atom stereocenters. The topological polar surface area (TPSA) is 51.8 Å². The molecule has 2 N–H and O–H groups in total. The lowest BCUT2D eigenvalue weighted by Crippen LogP contribution is -1.95. The zero-order valence-electron chi connectivity index (χ0n) is 11.2. The zero-order chi connectivity index (χ0) is 15.7. The van der Waals surface area contributed by atoms with E-state index in [0.717, 1.165) is 12.1 Å². The number of hydrogen-bond donors (Lipinski definition) is 1. The van der Waals surface area contributed by atoms with E-state index >= 15 is 0 Å². The van der Waals surface area contributed by atoms with Gasteiger partial charge in [0.2, 0.25) is 0 Å². The van der Waals surface area contributed by atoms with Crippen LogP contribution in [-0.2, 0) is 0 Å². The molecule has 3 rings (SSSR count). The third-order valence-corrected chi connectivity index (χ3v) is 3.16. The molecule has 0 aliphatic carbocycles. The summed E-state index contributed by atoms with van der Waals surface area (Å²) in [5.41, 5.74) is 6.40. The van der Waals surface area contributed by atoms with Gasteiger partial charge < -0.3 is 5.73 Å². The number of nitrogens with zero attached hydrogens (tertiary/aromatic N) is 2. The molecule has 0 amide bonds. The molecule has 22 heavy (non-hydrogen) atoms. The Kier molecular flexibility index (Phi) is 3.50. The van der Waals surface area contributed by atoms with Gasteiger partial charge in [-0.25, -0.2) is 18.2 Å². The number of halogens is 3. The van der Waals surface area contributed by atoms with Gasteiger partial charge in [0, 0.05) is 17.2 Å². The third kappa shape index (κ3) is 2.63. The monoisotopic (exact) mass is 301 g/mol. The summed E-state index contributed by atoms with van der Waals surface area (Å²) in [6, 6.07) is 7.31. The van der Waals surface area contributed by atoms with Gasteiger partial charge in [-0.05, 0) is 29.8 Å². The lowest BCUT2D eigenvalue weighted by Gasteiger charge is -2.07. The number of hydrogen-bond acceptors (Lipinski definition) is 3. The van der Waals surface area contributed by atoms with Crippen molar-refractivity contribution in [1.82, 2.24) is 9.97 Å². The zero-order valence-corrected chi connectivity index (χ0v) is 11.2. The van der Waals surface area contributed by atoms with Crippen LogP contribution >= 0.6 is 0 Å². The normalized spacial score (nSPS) is 10.7. The molecule has 3 nitrogen and oxygen atoms in total. The summed E-state index contributed by atoms with van der Waals surface area (Å²) >= 11 is 0. The highest BCUT2D eigenvalue weighted by atomic mass is 19.1. The van der Waals surface area contributed by atoms with Crippen molar-refractivity contribution in [2.24, 2.45) is 0 Å². The van der Waals surface area contributed by atoms with Crippen LogP contribution in [-0.4, -0.2) is 9.97 Å². The number of aromatic nitrogens is 2. The lowest BCUT2D eigenvalue weighted by molar-refractivity contribution is 0.585. The molecule has 0 unspecified atom stereocenters. The van der Waals surface area contributed by atoms with Crippen LogP contribution in [0.1, 0.15) is 0 Å². The Labute approximate surface area is 124 Å². The van der Waals surface area contributed by atoms with Crippen LogP contribution in [0.4, 0.5) is 19.0 Å². The van der Waals surface area contributed by atoms with Crippen LogP contribution in [0.5, 0.6) is 0 Å². The van der Waals surface area contributed by atoms with Crippen molar-refractivity contribution in [3.05, 3.63) is 66.2 Å². The Hall–Kier alpha value is -2.89. The van der Waals surface area contributed by atoms with Gasteiger partial charge in [0.25, 0.3) is 0 Å². The molecule has 3 aromatic rings. The third-order valence-electron chi connectivity index (χ3n) is 3.16. The second kappa shape index (κ2) is 5.48. The molecule has 1 aromatic heterocycles. The molecule has 2 aromatic carbocycles. The summed E-state index contributed by atoms with van der Waals surface area (Å²) in [7, 11) is 0. The van der Waals surface area contributed by atoms with Gasteiger partial charge >= 0.3 is 0 Å². The largest absolute Gasteiger partial charge is 0.382 e. The maximum Gasteiger partial charge on any atom is 0.141 e.